The second-order valence-electron chi connectivity index (χ2n) is 6.78. The number of benzene rings is 1. The maximum Gasteiger partial charge on any atom is 0.191 e. The van der Waals surface area contributed by atoms with Gasteiger partial charge in [0.05, 0.1) is 12.2 Å². The molecule has 0 amide bonds. The predicted molar refractivity (Wildman–Crippen MR) is 123 cm³/mol. The first-order valence-corrected chi connectivity index (χ1v) is 9.37. The Morgan fingerprint density at radius 1 is 1.33 bits per heavy atom. The minimum atomic E-state index is 0. The summed E-state index contributed by atoms with van der Waals surface area (Å²) in [4.78, 5) is 6.74. The highest BCUT2D eigenvalue weighted by Gasteiger charge is 2.24. The van der Waals surface area contributed by atoms with Crippen LogP contribution in [0.15, 0.2) is 35.5 Å². The van der Waals surface area contributed by atoms with Crippen LogP contribution in [0.4, 0.5) is 5.69 Å². The number of guanidine groups is 1. The molecule has 2 N–H and O–H groups in total. The second-order valence-corrected chi connectivity index (χ2v) is 7.22. The molecule has 0 saturated carbocycles. The van der Waals surface area contributed by atoms with E-state index in [1.54, 1.807) is 13.2 Å². The molecule has 1 aliphatic rings. The number of rotatable bonds is 5. The van der Waals surface area contributed by atoms with Crippen molar-refractivity contribution in [2.75, 3.05) is 31.6 Å². The summed E-state index contributed by atoms with van der Waals surface area (Å²) < 4.78 is 1.86. The molecule has 0 aliphatic carbocycles. The number of hydrogen-bond acceptors (Lipinski definition) is 3. The molecule has 8 heteroatoms. The zero-order valence-corrected chi connectivity index (χ0v) is 19.2. The Kier molecular flexibility index (Phi) is 8.22. The molecule has 1 aliphatic heterocycles. The molecule has 6 nitrogen and oxygen atoms in total. The fraction of sp³-hybridized carbons (Fsp3) is 0.474. The number of nitrogens with one attached hydrogen (secondary N) is 2. The van der Waals surface area contributed by atoms with Crippen LogP contribution < -0.4 is 15.5 Å². The van der Waals surface area contributed by atoms with Crippen LogP contribution in [0.3, 0.4) is 0 Å². The molecule has 148 valence electrons. The van der Waals surface area contributed by atoms with E-state index in [2.05, 4.69) is 44.7 Å². The number of aliphatic imine (C=N–C) groups is 1. The van der Waals surface area contributed by atoms with Crippen molar-refractivity contribution in [3.8, 4) is 0 Å². The Balaban J connectivity index is 0.00000261. The summed E-state index contributed by atoms with van der Waals surface area (Å²) in [6.07, 6.45) is 2.97. The zero-order valence-electron chi connectivity index (χ0n) is 16.1. The van der Waals surface area contributed by atoms with E-state index in [1.807, 2.05) is 23.9 Å². The van der Waals surface area contributed by atoms with Gasteiger partial charge in [0.15, 0.2) is 5.96 Å². The average Bonchev–Trinajstić information content (AvgIpc) is 3.26. The molecule has 1 aromatic heterocycles. The Morgan fingerprint density at radius 2 is 2.15 bits per heavy atom. The van der Waals surface area contributed by atoms with Crippen molar-refractivity contribution in [1.82, 2.24) is 20.4 Å². The van der Waals surface area contributed by atoms with Gasteiger partial charge in [0.2, 0.25) is 0 Å². The van der Waals surface area contributed by atoms with Crippen LogP contribution in [0.1, 0.15) is 17.7 Å². The number of aryl methyl sites for hydroxylation is 2. The first-order chi connectivity index (χ1) is 12.6. The SMILES string of the molecule is CN=C(NCc1ccnn1C)NCC1CCN(c2cc(Cl)ccc2C)C1.I. The maximum absolute atomic E-state index is 6.17. The van der Waals surface area contributed by atoms with Gasteiger partial charge in [-0.1, -0.05) is 17.7 Å². The fourth-order valence-electron chi connectivity index (χ4n) is 3.35. The van der Waals surface area contributed by atoms with E-state index < -0.39 is 0 Å². The highest BCUT2D eigenvalue weighted by Crippen LogP contribution is 2.29. The van der Waals surface area contributed by atoms with Gasteiger partial charge in [-0.2, -0.15) is 5.10 Å². The number of nitrogens with zero attached hydrogens (tertiary/aromatic N) is 4. The normalized spacial score (nSPS) is 17.0. The molecule has 1 saturated heterocycles. The summed E-state index contributed by atoms with van der Waals surface area (Å²) in [5, 5.41) is 11.8. The average molecular weight is 503 g/mol. The topological polar surface area (TPSA) is 57.5 Å². The number of aromatic nitrogens is 2. The monoisotopic (exact) mass is 502 g/mol. The van der Waals surface area contributed by atoms with E-state index in [4.69, 9.17) is 11.6 Å². The fourth-order valence-corrected chi connectivity index (χ4v) is 3.52. The quantitative estimate of drug-likeness (QED) is 0.375. The lowest BCUT2D eigenvalue weighted by Crippen LogP contribution is -2.40. The van der Waals surface area contributed by atoms with Crippen molar-refractivity contribution in [2.45, 2.75) is 19.9 Å². The first kappa shape index (κ1) is 21.8. The Labute approximate surface area is 183 Å². The molecule has 2 aromatic rings. The van der Waals surface area contributed by atoms with E-state index >= 15 is 0 Å². The van der Waals surface area contributed by atoms with Crippen molar-refractivity contribution in [2.24, 2.45) is 18.0 Å². The Morgan fingerprint density at radius 3 is 2.85 bits per heavy atom. The van der Waals surface area contributed by atoms with Crippen LogP contribution in [0.2, 0.25) is 5.02 Å². The van der Waals surface area contributed by atoms with Crippen LogP contribution in [0.25, 0.3) is 0 Å². The summed E-state index contributed by atoms with van der Waals surface area (Å²) in [6.45, 7) is 5.85. The predicted octanol–water partition coefficient (Wildman–Crippen LogP) is 3.19. The lowest BCUT2D eigenvalue weighted by atomic mass is 10.1. The lowest BCUT2D eigenvalue weighted by molar-refractivity contribution is 0.564. The minimum Gasteiger partial charge on any atom is -0.371 e. The molecule has 1 fully saturated rings. The van der Waals surface area contributed by atoms with Crippen LogP contribution >= 0.6 is 35.6 Å². The first-order valence-electron chi connectivity index (χ1n) is 8.99. The van der Waals surface area contributed by atoms with Gasteiger partial charge in [0.25, 0.3) is 0 Å². The molecule has 3 rings (SSSR count). The molecule has 1 aromatic carbocycles. The number of hydrogen-bond donors (Lipinski definition) is 2. The summed E-state index contributed by atoms with van der Waals surface area (Å²) in [5.41, 5.74) is 3.65. The Hall–Kier alpha value is -1.48. The van der Waals surface area contributed by atoms with Gasteiger partial charge in [-0.05, 0) is 43.0 Å². The van der Waals surface area contributed by atoms with E-state index in [9.17, 15) is 0 Å². The van der Waals surface area contributed by atoms with Crippen molar-refractivity contribution in [3.05, 3.63) is 46.7 Å². The summed E-state index contributed by atoms with van der Waals surface area (Å²) in [6, 6.07) is 8.12. The third kappa shape index (κ3) is 5.75. The largest absolute Gasteiger partial charge is 0.371 e. The van der Waals surface area contributed by atoms with Gasteiger partial charge in [-0.3, -0.25) is 9.67 Å². The lowest BCUT2D eigenvalue weighted by Gasteiger charge is -2.21. The molecule has 0 bridgehead atoms. The third-order valence-electron chi connectivity index (χ3n) is 4.94. The van der Waals surface area contributed by atoms with Gasteiger partial charge < -0.3 is 15.5 Å². The molecule has 2 heterocycles. The highest BCUT2D eigenvalue weighted by molar-refractivity contribution is 14.0. The van der Waals surface area contributed by atoms with Crippen LogP contribution in [0.5, 0.6) is 0 Å². The molecule has 0 spiro atoms. The molecule has 0 radical (unpaired) electrons. The van der Waals surface area contributed by atoms with Gasteiger partial charge in [0, 0.05) is 50.6 Å². The molecule has 1 unspecified atom stereocenters. The van der Waals surface area contributed by atoms with E-state index in [1.165, 1.54) is 11.3 Å². The standard InChI is InChI=1S/C19H27ClN6.HI/c1-14-4-5-16(20)10-18(14)26-9-7-15(13-26)11-22-19(21-2)23-12-17-6-8-24-25(17)3;/h4-6,8,10,15H,7,9,11-13H2,1-3H3,(H2,21,22,23);1H. The molecule has 1 atom stereocenters. The van der Waals surface area contributed by atoms with Crippen LogP contribution in [-0.2, 0) is 13.6 Å². The van der Waals surface area contributed by atoms with Gasteiger partial charge in [-0.15, -0.1) is 24.0 Å². The van der Waals surface area contributed by atoms with Crippen molar-refractivity contribution in [1.29, 1.82) is 0 Å². The Bertz CT molecular complexity index is 775. The number of halogens is 2. The van der Waals surface area contributed by atoms with Gasteiger partial charge in [-0.25, -0.2) is 0 Å². The minimum absolute atomic E-state index is 0. The van der Waals surface area contributed by atoms with E-state index in [-0.39, 0.29) is 24.0 Å². The van der Waals surface area contributed by atoms with Crippen molar-refractivity contribution >= 4 is 47.2 Å². The molecular weight excluding hydrogens is 475 g/mol. The maximum atomic E-state index is 6.17. The van der Waals surface area contributed by atoms with Crippen LogP contribution in [-0.4, -0.2) is 42.4 Å². The molecule has 27 heavy (non-hydrogen) atoms. The second kappa shape index (κ2) is 10.2. The van der Waals surface area contributed by atoms with E-state index in [0.717, 1.165) is 42.7 Å². The zero-order chi connectivity index (χ0) is 18.5. The van der Waals surface area contributed by atoms with Crippen LogP contribution in [0, 0.1) is 12.8 Å². The smallest absolute Gasteiger partial charge is 0.191 e. The number of anilines is 1. The summed E-state index contributed by atoms with van der Waals surface area (Å²) in [5.74, 6) is 1.41. The highest BCUT2D eigenvalue weighted by atomic mass is 127. The van der Waals surface area contributed by atoms with Crippen molar-refractivity contribution in [3.63, 3.8) is 0 Å². The molecular formula is C19H28ClIN6. The third-order valence-corrected chi connectivity index (χ3v) is 5.17. The van der Waals surface area contributed by atoms with Crippen molar-refractivity contribution < 1.29 is 0 Å². The van der Waals surface area contributed by atoms with E-state index in [0.29, 0.717) is 12.5 Å². The van der Waals surface area contributed by atoms with Gasteiger partial charge in [0.1, 0.15) is 0 Å². The van der Waals surface area contributed by atoms with Gasteiger partial charge >= 0.3 is 0 Å². The summed E-state index contributed by atoms with van der Waals surface area (Å²) >= 11 is 6.17. The summed E-state index contributed by atoms with van der Waals surface area (Å²) in [7, 11) is 3.74.